The highest BCUT2D eigenvalue weighted by Gasteiger charge is 2.22. The number of methoxy groups -OCH3 is 3. The molecule has 1 fully saturated rings. The second-order valence-electron chi connectivity index (χ2n) is 5.81. The van der Waals surface area contributed by atoms with Crippen LogP contribution in [-0.2, 0) is 0 Å². The van der Waals surface area contributed by atoms with Gasteiger partial charge in [0, 0.05) is 11.8 Å². The van der Waals surface area contributed by atoms with Crippen molar-refractivity contribution in [2.45, 2.75) is 38.0 Å². The van der Waals surface area contributed by atoms with E-state index in [0.29, 0.717) is 28.9 Å². The number of hydrogen-bond acceptors (Lipinski definition) is 7. The molecule has 0 radical (unpaired) electrons. The Morgan fingerprint density at radius 1 is 0.917 bits per heavy atom. The van der Waals surface area contributed by atoms with Gasteiger partial charge in [0.15, 0.2) is 0 Å². The summed E-state index contributed by atoms with van der Waals surface area (Å²) >= 11 is 0. The molecule has 2 aromatic heterocycles. The van der Waals surface area contributed by atoms with Gasteiger partial charge in [0.1, 0.15) is 5.69 Å². The molecule has 2 aromatic rings. The molecule has 7 heteroatoms. The van der Waals surface area contributed by atoms with Crippen LogP contribution in [0.2, 0.25) is 0 Å². The Labute approximate surface area is 141 Å². The van der Waals surface area contributed by atoms with Crippen LogP contribution in [0.1, 0.15) is 43.6 Å². The number of aromatic nitrogens is 4. The molecule has 1 aliphatic carbocycles. The van der Waals surface area contributed by atoms with Crippen LogP contribution >= 0.6 is 0 Å². The molecule has 128 valence electrons. The summed E-state index contributed by atoms with van der Waals surface area (Å²) in [6, 6.07) is 2.28. The summed E-state index contributed by atoms with van der Waals surface area (Å²) in [4.78, 5) is 8.37. The summed E-state index contributed by atoms with van der Waals surface area (Å²) in [7, 11) is 4.71. The minimum Gasteiger partial charge on any atom is -0.480 e. The molecule has 0 unspecified atom stereocenters. The van der Waals surface area contributed by atoms with Crippen LogP contribution in [0.25, 0.3) is 11.3 Å². The molecule has 0 N–H and O–H groups in total. The minimum absolute atomic E-state index is 0.254. The topological polar surface area (TPSA) is 79.2 Å². The van der Waals surface area contributed by atoms with Gasteiger partial charge in [-0.05, 0) is 24.8 Å². The van der Waals surface area contributed by atoms with Crippen LogP contribution in [0.3, 0.4) is 0 Å². The molecule has 0 aromatic carbocycles. The molecule has 1 aliphatic rings. The average Bonchev–Trinajstić information content (AvgIpc) is 2.67. The third-order valence-electron chi connectivity index (χ3n) is 4.41. The summed E-state index contributed by atoms with van der Waals surface area (Å²) < 4.78 is 15.8. The summed E-state index contributed by atoms with van der Waals surface area (Å²) in [5.41, 5.74) is 2.46. The summed E-state index contributed by atoms with van der Waals surface area (Å²) in [5.74, 6) is 1.46. The van der Waals surface area contributed by atoms with E-state index in [1.54, 1.807) is 20.4 Å². The van der Waals surface area contributed by atoms with Crippen LogP contribution in [0.5, 0.6) is 17.8 Å². The van der Waals surface area contributed by atoms with E-state index < -0.39 is 0 Å². The van der Waals surface area contributed by atoms with Crippen molar-refractivity contribution in [1.29, 1.82) is 0 Å². The lowest BCUT2D eigenvalue weighted by molar-refractivity contribution is 0.352. The molecule has 3 rings (SSSR count). The number of rotatable bonds is 5. The van der Waals surface area contributed by atoms with Gasteiger partial charge in [0.2, 0.25) is 11.8 Å². The molecular formula is C17H22N4O3. The van der Waals surface area contributed by atoms with E-state index in [2.05, 4.69) is 20.2 Å². The third-order valence-corrected chi connectivity index (χ3v) is 4.41. The fourth-order valence-corrected chi connectivity index (χ4v) is 3.17. The second kappa shape index (κ2) is 7.42. The molecule has 0 bridgehead atoms. The summed E-state index contributed by atoms with van der Waals surface area (Å²) in [5, 5.41) is 8.52. The van der Waals surface area contributed by atoms with Crippen molar-refractivity contribution < 1.29 is 14.2 Å². The lowest BCUT2D eigenvalue weighted by Gasteiger charge is -2.23. The Hall–Kier alpha value is -2.44. The molecule has 2 heterocycles. The Morgan fingerprint density at radius 2 is 1.67 bits per heavy atom. The molecule has 0 spiro atoms. The maximum Gasteiger partial charge on any atom is 0.319 e. The van der Waals surface area contributed by atoms with Crippen molar-refractivity contribution in [3.63, 3.8) is 0 Å². The maximum atomic E-state index is 5.43. The molecule has 24 heavy (non-hydrogen) atoms. The standard InChI is InChI=1S/C17H22N4O3/c1-22-15-13(10-18-17(19-15)24-3)14-9-12(16(23-2)21-20-14)11-7-5-4-6-8-11/h9-11H,4-8H2,1-3H3. The second-order valence-corrected chi connectivity index (χ2v) is 5.81. The number of ether oxygens (including phenoxy) is 3. The SMILES string of the molecule is COc1ncc(-c2cc(C3CCCCC3)c(OC)nn2)c(OC)n1. The monoisotopic (exact) mass is 330 g/mol. The molecule has 0 aliphatic heterocycles. The first kappa shape index (κ1) is 16.4. The number of hydrogen-bond donors (Lipinski definition) is 0. The van der Waals surface area contributed by atoms with E-state index in [9.17, 15) is 0 Å². The van der Waals surface area contributed by atoms with Gasteiger partial charge in [0.05, 0.1) is 26.9 Å². The Bertz CT molecular complexity index is 702. The van der Waals surface area contributed by atoms with Crippen LogP contribution in [0, 0.1) is 0 Å². The van der Waals surface area contributed by atoms with E-state index >= 15 is 0 Å². The average molecular weight is 330 g/mol. The first-order valence-corrected chi connectivity index (χ1v) is 8.13. The van der Waals surface area contributed by atoms with Crippen LogP contribution in [0.4, 0.5) is 0 Å². The Morgan fingerprint density at radius 3 is 2.33 bits per heavy atom. The quantitative estimate of drug-likeness (QED) is 0.833. The van der Waals surface area contributed by atoms with Crippen molar-refractivity contribution in [3.05, 3.63) is 17.8 Å². The molecule has 0 atom stereocenters. The zero-order valence-electron chi connectivity index (χ0n) is 14.3. The van der Waals surface area contributed by atoms with E-state index in [4.69, 9.17) is 14.2 Å². The van der Waals surface area contributed by atoms with Gasteiger partial charge >= 0.3 is 6.01 Å². The van der Waals surface area contributed by atoms with Gasteiger partial charge in [-0.25, -0.2) is 4.98 Å². The van der Waals surface area contributed by atoms with E-state index in [1.165, 1.54) is 26.4 Å². The normalized spacial score (nSPS) is 15.1. The lowest BCUT2D eigenvalue weighted by atomic mass is 9.84. The zero-order chi connectivity index (χ0) is 16.9. The minimum atomic E-state index is 0.254. The fourth-order valence-electron chi connectivity index (χ4n) is 3.17. The molecule has 0 saturated heterocycles. The summed E-state index contributed by atoms with van der Waals surface area (Å²) in [6.45, 7) is 0. The first-order chi connectivity index (χ1) is 11.8. The third kappa shape index (κ3) is 3.25. The van der Waals surface area contributed by atoms with Gasteiger partial charge in [-0.1, -0.05) is 19.3 Å². The Balaban J connectivity index is 2.02. The van der Waals surface area contributed by atoms with Crippen LogP contribution in [-0.4, -0.2) is 41.5 Å². The van der Waals surface area contributed by atoms with Gasteiger partial charge in [-0.15, -0.1) is 10.2 Å². The van der Waals surface area contributed by atoms with Gasteiger partial charge < -0.3 is 14.2 Å². The van der Waals surface area contributed by atoms with Gasteiger partial charge in [-0.2, -0.15) is 4.98 Å². The highest BCUT2D eigenvalue weighted by Crippen LogP contribution is 2.38. The zero-order valence-corrected chi connectivity index (χ0v) is 14.3. The molecule has 1 saturated carbocycles. The smallest absolute Gasteiger partial charge is 0.319 e. The van der Waals surface area contributed by atoms with Crippen molar-refractivity contribution >= 4 is 0 Å². The van der Waals surface area contributed by atoms with Gasteiger partial charge in [0.25, 0.3) is 0 Å². The highest BCUT2D eigenvalue weighted by atomic mass is 16.5. The van der Waals surface area contributed by atoms with E-state index in [-0.39, 0.29) is 6.01 Å². The van der Waals surface area contributed by atoms with Crippen molar-refractivity contribution in [1.82, 2.24) is 20.2 Å². The molecule has 0 amide bonds. The summed E-state index contributed by atoms with van der Waals surface area (Å²) in [6.07, 6.45) is 7.71. The van der Waals surface area contributed by atoms with Crippen molar-refractivity contribution in [2.24, 2.45) is 0 Å². The van der Waals surface area contributed by atoms with Gasteiger partial charge in [-0.3, -0.25) is 0 Å². The first-order valence-electron chi connectivity index (χ1n) is 8.13. The highest BCUT2D eigenvalue weighted by molar-refractivity contribution is 5.65. The Kier molecular flexibility index (Phi) is 5.08. The predicted octanol–water partition coefficient (Wildman–Crippen LogP) is 3.01. The fraction of sp³-hybridized carbons (Fsp3) is 0.529. The van der Waals surface area contributed by atoms with Crippen molar-refractivity contribution in [3.8, 4) is 29.0 Å². The lowest BCUT2D eigenvalue weighted by Crippen LogP contribution is -2.09. The molecule has 7 nitrogen and oxygen atoms in total. The number of nitrogens with zero attached hydrogens (tertiary/aromatic N) is 4. The van der Waals surface area contributed by atoms with E-state index in [1.807, 2.05) is 6.07 Å². The molecular weight excluding hydrogens is 308 g/mol. The van der Waals surface area contributed by atoms with E-state index in [0.717, 1.165) is 18.4 Å². The van der Waals surface area contributed by atoms with Crippen LogP contribution in [0.15, 0.2) is 12.3 Å². The van der Waals surface area contributed by atoms with Crippen molar-refractivity contribution in [2.75, 3.05) is 21.3 Å². The maximum absolute atomic E-state index is 5.43. The predicted molar refractivity (Wildman–Crippen MR) is 88.5 cm³/mol. The van der Waals surface area contributed by atoms with Crippen LogP contribution < -0.4 is 14.2 Å². The largest absolute Gasteiger partial charge is 0.480 e.